The van der Waals surface area contributed by atoms with Crippen LogP contribution in [0.5, 0.6) is 0 Å². The van der Waals surface area contributed by atoms with Crippen molar-refractivity contribution in [2.45, 2.75) is 65.2 Å². The second kappa shape index (κ2) is 10.1. The second-order valence-corrected chi connectivity index (χ2v) is 20.0. The molecule has 0 heterocycles. The third kappa shape index (κ3) is 12.0. The van der Waals surface area contributed by atoms with Gasteiger partial charge in [-0.05, 0) is 65.2 Å². The zero-order chi connectivity index (χ0) is 18.3. The molecule has 0 N–H and O–H groups in total. The molecule has 0 saturated heterocycles. The summed E-state index contributed by atoms with van der Waals surface area (Å²) in [5, 5.41) is 0. The van der Waals surface area contributed by atoms with Crippen molar-refractivity contribution in [1.82, 2.24) is 0 Å². The Morgan fingerprint density at radius 2 is 1.61 bits per heavy atom. The van der Waals surface area contributed by atoms with Crippen LogP contribution in [0.3, 0.4) is 0 Å². The summed E-state index contributed by atoms with van der Waals surface area (Å²) in [4.78, 5) is 11.3. The molecular formula is C14H34O5Si4. The smallest absolute Gasteiger partial charge is 0.333 e. The third-order valence-electron chi connectivity index (χ3n) is 2.96. The zero-order valence-corrected chi connectivity index (χ0v) is 20.3. The molecule has 0 aromatic heterocycles. The van der Waals surface area contributed by atoms with E-state index in [1.54, 1.807) is 6.92 Å². The molecule has 0 aromatic rings. The van der Waals surface area contributed by atoms with Crippen molar-refractivity contribution in [3.8, 4) is 0 Å². The highest BCUT2D eigenvalue weighted by Crippen LogP contribution is 2.18. The molecule has 1 unspecified atom stereocenters. The molecule has 0 rings (SSSR count). The fraction of sp³-hybridized carbons (Fsp3) is 0.786. The lowest BCUT2D eigenvalue weighted by molar-refractivity contribution is -0.138. The van der Waals surface area contributed by atoms with Gasteiger partial charge in [-0.15, -0.1) is 0 Å². The number of carbonyl (C=O) groups is 1. The number of rotatable bonds is 11. The minimum atomic E-state index is -2.05. The van der Waals surface area contributed by atoms with Crippen LogP contribution < -0.4 is 0 Å². The van der Waals surface area contributed by atoms with Gasteiger partial charge in [-0.25, -0.2) is 4.79 Å². The molecule has 9 heteroatoms. The van der Waals surface area contributed by atoms with Crippen LogP contribution in [0.1, 0.15) is 13.3 Å². The first kappa shape index (κ1) is 23.0. The molecule has 0 bridgehead atoms. The van der Waals surface area contributed by atoms with Gasteiger partial charge in [0, 0.05) is 5.57 Å². The third-order valence-corrected chi connectivity index (χ3v) is 16.2. The summed E-state index contributed by atoms with van der Waals surface area (Å²) < 4.78 is 23.6. The summed E-state index contributed by atoms with van der Waals surface area (Å²) in [5.74, 6) is -0.320. The molecule has 0 aliphatic carbocycles. The molecule has 0 spiro atoms. The Hall–Kier alpha value is -0.0425. The van der Waals surface area contributed by atoms with Crippen LogP contribution in [-0.4, -0.2) is 47.8 Å². The van der Waals surface area contributed by atoms with Gasteiger partial charge in [0.05, 0.1) is 6.61 Å². The molecular weight excluding hydrogens is 360 g/mol. The molecule has 136 valence electrons. The Balaban J connectivity index is 4.19. The average molecular weight is 395 g/mol. The van der Waals surface area contributed by atoms with E-state index < -0.39 is 35.2 Å². The van der Waals surface area contributed by atoms with Gasteiger partial charge in [0.1, 0.15) is 0 Å². The Morgan fingerprint density at radius 1 is 1.04 bits per heavy atom. The molecule has 5 nitrogen and oxygen atoms in total. The molecule has 0 aliphatic rings. The highest BCUT2D eigenvalue weighted by atomic mass is 28.5. The van der Waals surface area contributed by atoms with Crippen molar-refractivity contribution in [2.24, 2.45) is 0 Å². The molecule has 0 amide bonds. The molecule has 23 heavy (non-hydrogen) atoms. The van der Waals surface area contributed by atoms with E-state index in [2.05, 4.69) is 52.4 Å². The normalized spacial score (nSPS) is 14.0. The van der Waals surface area contributed by atoms with Gasteiger partial charge in [0.15, 0.2) is 17.4 Å². The molecule has 0 saturated carbocycles. The average Bonchev–Trinajstić information content (AvgIpc) is 2.30. The van der Waals surface area contributed by atoms with E-state index in [1.165, 1.54) is 0 Å². The van der Waals surface area contributed by atoms with E-state index in [0.29, 0.717) is 12.2 Å². The van der Waals surface area contributed by atoms with E-state index in [9.17, 15) is 4.79 Å². The van der Waals surface area contributed by atoms with Crippen LogP contribution in [0.4, 0.5) is 0 Å². The van der Waals surface area contributed by atoms with Crippen molar-refractivity contribution in [3.63, 3.8) is 0 Å². The van der Waals surface area contributed by atoms with Gasteiger partial charge in [0.2, 0.25) is 0 Å². The van der Waals surface area contributed by atoms with Gasteiger partial charge in [0.25, 0.3) is 9.28 Å². The van der Waals surface area contributed by atoms with Crippen LogP contribution in [0.2, 0.25) is 51.9 Å². The predicted molar refractivity (Wildman–Crippen MR) is 105 cm³/mol. The first-order valence-electron chi connectivity index (χ1n) is 8.21. The lowest BCUT2D eigenvalue weighted by Gasteiger charge is -2.33. The SMILES string of the molecule is C=C(C)C(=O)OCCC[Si](C)(C)O[SiH](C)O[Si](C)(C)O[SiH](C)C. The zero-order valence-electron chi connectivity index (χ0n) is 16.0. The van der Waals surface area contributed by atoms with E-state index in [4.69, 9.17) is 17.1 Å². The molecule has 0 aliphatic heterocycles. The summed E-state index contributed by atoms with van der Waals surface area (Å²) in [7, 11) is -6.65. The topological polar surface area (TPSA) is 54.0 Å². The number of hydrogen-bond acceptors (Lipinski definition) is 5. The Morgan fingerprint density at radius 3 is 2.09 bits per heavy atom. The monoisotopic (exact) mass is 394 g/mol. The summed E-state index contributed by atoms with van der Waals surface area (Å²) in [5.41, 5.74) is 0.438. The quantitative estimate of drug-likeness (QED) is 0.233. The first-order chi connectivity index (χ1) is 10.3. The van der Waals surface area contributed by atoms with Crippen LogP contribution in [0, 0.1) is 0 Å². The minimum absolute atomic E-state index is 0.320. The van der Waals surface area contributed by atoms with Gasteiger partial charge in [-0.1, -0.05) is 6.58 Å². The maximum atomic E-state index is 11.3. The summed E-state index contributed by atoms with van der Waals surface area (Å²) in [6.07, 6.45) is 0.815. The van der Waals surface area contributed by atoms with Crippen molar-refractivity contribution in [2.75, 3.05) is 6.61 Å². The number of esters is 1. The van der Waals surface area contributed by atoms with E-state index in [0.717, 1.165) is 12.5 Å². The highest BCUT2D eigenvalue weighted by molar-refractivity contribution is 6.81. The van der Waals surface area contributed by atoms with Crippen LogP contribution >= 0.6 is 0 Å². The molecule has 1 atom stereocenters. The van der Waals surface area contributed by atoms with Gasteiger partial charge in [-0.2, -0.15) is 0 Å². The molecule has 0 fully saturated rings. The Labute approximate surface area is 147 Å². The highest BCUT2D eigenvalue weighted by Gasteiger charge is 2.32. The number of carbonyl (C=O) groups excluding carboxylic acids is 1. The van der Waals surface area contributed by atoms with Crippen LogP contribution in [0.15, 0.2) is 12.2 Å². The minimum Gasteiger partial charge on any atom is -0.462 e. The largest absolute Gasteiger partial charge is 0.462 e. The molecule has 0 radical (unpaired) electrons. The van der Waals surface area contributed by atoms with E-state index >= 15 is 0 Å². The lowest BCUT2D eigenvalue weighted by Crippen LogP contribution is -2.47. The number of hydrogen-bond donors (Lipinski definition) is 0. The van der Waals surface area contributed by atoms with Crippen molar-refractivity contribution in [1.29, 1.82) is 0 Å². The Kier molecular flexibility index (Phi) is 10.0. The van der Waals surface area contributed by atoms with E-state index in [-0.39, 0.29) is 5.97 Å². The van der Waals surface area contributed by atoms with Crippen molar-refractivity contribution in [3.05, 3.63) is 12.2 Å². The van der Waals surface area contributed by atoms with Gasteiger partial charge >= 0.3 is 14.5 Å². The maximum absolute atomic E-state index is 11.3. The maximum Gasteiger partial charge on any atom is 0.333 e. The van der Waals surface area contributed by atoms with Gasteiger partial charge in [-0.3, -0.25) is 0 Å². The Bertz CT molecular complexity index is 399. The van der Waals surface area contributed by atoms with Crippen LogP contribution in [0.25, 0.3) is 0 Å². The van der Waals surface area contributed by atoms with E-state index in [1.807, 2.05) is 0 Å². The predicted octanol–water partition coefficient (Wildman–Crippen LogP) is 3.29. The second-order valence-electron chi connectivity index (χ2n) is 7.15. The fourth-order valence-electron chi connectivity index (χ4n) is 2.31. The number of ether oxygens (including phenoxy) is 1. The summed E-state index contributed by atoms with van der Waals surface area (Å²) in [6, 6.07) is 0.943. The van der Waals surface area contributed by atoms with Crippen LogP contribution in [-0.2, 0) is 21.9 Å². The van der Waals surface area contributed by atoms with Crippen molar-refractivity contribution >= 4 is 41.2 Å². The standard InChI is InChI=1S/C14H34O5Si4/c1-13(2)14(15)16-11-10-12-22(6,7)18-21(5)19-23(8,9)17-20(3)4/h20-21H,1,10-12H2,2-9H3. The molecule has 0 aromatic carbocycles. The van der Waals surface area contributed by atoms with Crippen molar-refractivity contribution < 1.29 is 21.9 Å². The fourth-order valence-corrected chi connectivity index (χ4v) is 16.5. The lowest BCUT2D eigenvalue weighted by atomic mass is 10.4. The summed E-state index contributed by atoms with van der Waals surface area (Å²) in [6.45, 7) is 20.6. The first-order valence-corrected chi connectivity index (χ1v) is 19.0. The summed E-state index contributed by atoms with van der Waals surface area (Å²) >= 11 is 0. The van der Waals surface area contributed by atoms with Gasteiger partial charge < -0.3 is 17.1 Å².